The van der Waals surface area contributed by atoms with Gasteiger partial charge in [-0.2, -0.15) is 4.31 Å². The second kappa shape index (κ2) is 10.4. The summed E-state index contributed by atoms with van der Waals surface area (Å²) in [4.78, 5) is 26.5. The van der Waals surface area contributed by atoms with Crippen LogP contribution in [0.5, 0.6) is 0 Å². The van der Waals surface area contributed by atoms with Gasteiger partial charge in [-0.25, -0.2) is 13.2 Å². The molecule has 0 aliphatic carbocycles. The molecular weight excluding hydrogens is 440 g/mol. The molecule has 0 unspecified atom stereocenters. The van der Waals surface area contributed by atoms with E-state index in [0.29, 0.717) is 11.4 Å². The first kappa shape index (κ1) is 24.7. The third-order valence-corrected chi connectivity index (χ3v) is 8.36. The Balaban J connectivity index is 1.53. The van der Waals surface area contributed by atoms with Gasteiger partial charge in [-0.15, -0.1) is 0 Å². The van der Waals surface area contributed by atoms with Crippen molar-refractivity contribution in [3.8, 4) is 0 Å². The van der Waals surface area contributed by atoms with Gasteiger partial charge in [0.2, 0.25) is 15.9 Å². The van der Waals surface area contributed by atoms with Crippen LogP contribution in [0.4, 0.5) is 4.79 Å². The lowest BCUT2D eigenvalue weighted by atomic mass is 10.0. The molecule has 1 aliphatic heterocycles. The van der Waals surface area contributed by atoms with Crippen molar-refractivity contribution >= 4 is 22.0 Å². The van der Waals surface area contributed by atoms with Crippen LogP contribution in [-0.4, -0.2) is 62.3 Å². The number of nitrogens with one attached hydrogen (secondary N) is 2. The lowest BCUT2D eigenvalue weighted by Crippen LogP contribution is -2.53. The van der Waals surface area contributed by atoms with Crippen molar-refractivity contribution < 1.29 is 18.0 Å². The lowest BCUT2D eigenvalue weighted by Gasteiger charge is -2.34. The molecule has 9 heteroatoms. The van der Waals surface area contributed by atoms with Crippen molar-refractivity contribution in [2.45, 2.75) is 39.1 Å². The second-order valence-corrected chi connectivity index (χ2v) is 10.3. The second-order valence-electron chi connectivity index (χ2n) is 8.40. The maximum Gasteiger partial charge on any atom is 0.315 e. The molecule has 178 valence electrons. The quantitative estimate of drug-likeness (QED) is 0.674. The Morgan fingerprint density at radius 1 is 0.879 bits per heavy atom. The fourth-order valence-electron chi connectivity index (χ4n) is 3.98. The number of piperazine rings is 1. The molecule has 1 fully saturated rings. The Morgan fingerprint density at radius 3 is 2.03 bits per heavy atom. The summed E-state index contributed by atoms with van der Waals surface area (Å²) in [5.74, 6) is -0.235. The predicted molar refractivity (Wildman–Crippen MR) is 127 cm³/mol. The zero-order chi connectivity index (χ0) is 24.2. The maximum atomic E-state index is 13.4. The van der Waals surface area contributed by atoms with E-state index in [1.165, 1.54) is 4.31 Å². The number of hydrogen-bond acceptors (Lipinski definition) is 4. The van der Waals surface area contributed by atoms with Crippen molar-refractivity contribution in [1.29, 1.82) is 0 Å². The SMILES string of the molecule is Cc1cc(C)c(C)c(S(=O)(=O)N2CCN(C(=O)CNC(=O)NCc3ccccc3)CC2)c1C. The molecule has 0 saturated carbocycles. The highest BCUT2D eigenvalue weighted by molar-refractivity contribution is 7.89. The summed E-state index contributed by atoms with van der Waals surface area (Å²) in [6.45, 7) is 8.76. The minimum Gasteiger partial charge on any atom is -0.339 e. The molecule has 0 atom stereocenters. The molecule has 2 aromatic carbocycles. The van der Waals surface area contributed by atoms with Gasteiger partial charge in [-0.1, -0.05) is 36.4 Å². The van der Waals surface area contributed by atoms with E-state index >= 15 is 0 Å². The summed E-state index contributed by atoms with van der Waals surface area (Å²) in [7, 11) is -3.66. The predicted octanol–water partition coefficient (Wildman–Crippen LogP) is 2.25. The number of amides is 3. The van der Waals surface area contributed by atoms with E-state index in [1.807, 2.05) is 64.1 Å². The highest BCUT2D eigenvalue weighted by Crippen LogP contribution is 2.29. The minimum atomic E-state index is -3.66. The van der Waals surface area contributed by atoms with E-state index in [0.717, 1.165) is 27.8 Å². The van der Waals surface area contributed by atoms with E-state index in [-0.39, 0.29) is 38.6 Å². The third kappa shape index (κ3) is 5.72. The number of nitrogens with zero attached hydrogens (tertiary/aromatic N) is 2. The monoisotopic (exact) mass is 472 g/mol. The summed E-state index contributed by atoms with van der Waals surface area (Å²) in [5, 5.41) is 5.29. The van der Waals surface area contributed by atoms with Gasteiger partial charge in [-0.05, 0) is 55.5 Å². The van der Waals surface area contributed by atoms with Crippen LogP contribution in [0.25, 0.3) is 0 Å². The number of hydrogen-bond donors (Lipinski definition) is 2. The smallest absolute Gasteiger partial charge is 0.315 e. The first-order valence-corrected chi connectivity index (χ1v) is 12.5. The molecule has 3 rings (SSSR count). The van der Waals surface area contributed by atoms with Gasteiger partial charge in [0.15, 0.2) is 0 Å². The zero-order valence-electron chi connectivity index (χ0n) is 19.6. The van der Waals surface area contributed by atoms with Crippen LogP contribution in [-0.2, 0) is 21.4 Å². The largest absolute Gasteiger partial charge is 0.339 e. The zero-order valence-corrected chi connectivity index (χ0v) is 20.5. The minimum absolute atomic E-state index is 0.136. The van der Waals surface area contributed by atoms with Crippen LogP contribution < -0.4 is 10.6 Å². The molecule has 0 bridgehead atoms. The van der Waals surface area contributed by atoms with E-state index in [9.17, 15) is 18.0 Å². The van der Waals surface area contributed by atoms with Gasteiger partial charge < -0.3 is 15.5 Å². The summed E-state index contributed by atoms with van der Waals surface area (Å²) >= 11 is 0. The number of urea groups is 1. The first-order chi connectivity index (χ1) is 15.6. The molecule has 2 aromatic rings. The normalized spacial score (nSPS) is 14.7. The maximum absolute atomic E-state index is 13.4. The number of sulfonamides is 1. The number of aryl methyl sites for hydroxylation is 2. The summed E-state index contributed by atoms with van der Waals surface area (Å²) in [5.41, 5.74) is 4.39. The fraction of sp³-hybridized carbons (Fsp3) is 0.417. The van der Waals surface area contributed by atoms with Gasteiger partial charge in [0, 0.05) is 32.7 Å². The Bertz CT molecular complexity index is 1100. The molecule has 1 saturated heterocycles. The molecule has 0 radical (unpaired) electrons. The van der Waals surface area contributed by atoms with Crippen molar-refractivity contribution in [1.82, 2.24) is 19.8 Å². The van der Waals surface area contributed by atoms with Crippen LogP contribution >= 0.6 is 0 Å². The van der Waals surface area contributed by atoms with Crippen molar-refractivity contribution in [2.75, 3.05) is 32.7 Å². The van der Waals surface area contributed by atoms with Crippen LogP contribution in [0.2, 0.25) is 0 Å². The molecule has 0 spiro atoms. The Labute approximate surface area is 196 Å². The third-order valence-electron chi connectivity index (χ3n) is 6.18. The first-order valence-electron chi connectivity index (χ1n) is 11.0. The molecule has 1 aliphatic rings. The number of carbonyl (C=O) groups is 2. The van der Waals surface area contributed by atoms with Crippen molar-refractivity contribution in [3.05, 3.63) is 64.2 Å². The number of rotatable bonds is 6. The van der Waals surface area contributed by atoms with E-state index in [2.05, 4.69) is 10.6 Å². The Morgan fingerprint density at radius 2 is 1.45 bits per heavy atom. The van der Waals surface area contributed by atoms with Crippen LogP contribution in [0, 0.1) is 27.7 Å². The summed E-state index contributed by atoms with van der Waals surface area (Å²) < 4.78 is 28.2. The molecular formula is C24H32N4O4S. The highest BCUT2D eigenvalue weighted by Gasteiger charge is 2.32. The van der Waals surface area contributed by atoms with Crippen molar-refractivity contribution in [2.24, 2.45) is 0 Å². The van der Waals surface area contributed by atoms with E-state index < -0.39 is 16.1 Å². The molecule has 8 nitrogen and oxygen atoms in total. The molecule has 3 amide bonds. The van der Waals surface area contributed by atoms with Gasteiger partial charge in [0.1, 0.15) is 0 Å². The molecule has 33 heavy (non-hydrogen) atoms. The summed E-state index contributed by atoms with van der Waals surface area (Å²) in [6, 6.07) is 11.1. The van der Waals surface area contributed by atoms with Gasteiger partial charge in [0.25, 0.3) is 0 Å². The van der Waals surface area contributed by atoms with Crippen LogP contribution in [0.1, 0.15) is 27.8 Å². The Hall–Kier alpha value is -2.91. The standard InChI is InChI=1S/C24H32N4O4S/c1-17-14-18(2)20(4)23(19(17)3)33(31,32)28-12-10-27(11-13-28)22(29)16-26-24(30)25-15-21-8-6-5-7-9-21/h5-9,14H,10-13,15-16H2,1-4H3,(H2,25,26,30). The molecule has 0 aromatic heterocycles. The van der Waals surface area contributed by atoms with Crippen molar-refractivity contribution in [3.63, 3.8) is 0 Å². The number of benzene rings is 2. The van der Waals surface area contributed by atoms with E-state index in [4.69, 9.17) is 0 Å². The van der Waals surface area contributed by atoms with Gasteiger partial charge in [-0.3, -0.25) is 4.79 Å². The lowest BCUT2D eigenvalue weighted by molar-refractivity contribution is -0.131. The Kier molecular flexibility index (Phi) is 7.76. The van der Waals surface area contributed by atoms with Gasteiger partial charge >= 0.3 is 6.03 Å². The van der Waals surface area contributed by atoms with Crippen LogP contribution in [0.15, 0.2) is 41.3 Å². The van der Waals surface area contributed by atoms with E-state index in [1.54, 1.807) is 4.90 Å². The highest BCUT2D eigenvalue weighted by atomic mass is 32.2. The average molecular weight is 473 g/mol. The summed E-state index contributed by atoms with van der Waals surface area (Å²) in [6.07, 6.45) is 0. The van der Waals surface area contributed by atoms with Gasteiger partial charge in [0.05, 0.1) is 11.4 Å². The average Bonchev–Trinajstić information content (AvgIpc) is 2.80. The van der Waals surface area contributed by atoms with Crippen LogP contribution in [0.3, 0.4) is 0 Å². The number of carbonyl (C=O) groups excluding carboxylic acids is 2. The fourth-order valence-corrected chi connectivity index (χ4v) is 5.98. The topological polar surface area (TPSA) is 98.8 Å². The molecule has 2 N–H and O–H groups in total. The molecule has 1 heterocycles.